The smallest absolute Gasteiger partial charge is 0.291 e. The maximum absolute atomic E-state index is 13.4. The van der Waals surface area contributed by atoms with E-state index in [1.54, 1.807) is 16.5 Å². The fourth-order valence-corrected chi connectivity index (χ4v) is 3.72. The Kier molecular flexibility index (Phi) is 4.22. The maximum Gasteiger partial charge on any atom is 0.291 e. The highest BCUT2D eigenvalue weighted by Gasteiger charge is 2.20. The number of rotatable bonds is 3. The van der Waals surface area contributed by atoms with Crippen LogP contribution in [0, 0.1) is 11.7 Å². The lowest BCUT2D eigenvalue weighted by Gasteiger charge is -2.26. The summed E-state index contributed by atoms with van der Waals surface area (Å²) < 4.78 is 16.2. The Labute approximate surface area is 149 Å². The summed E-state index contributed by atoms with van der Waals surface area (Å²) in [5, 5.41) is 7.74. The molecule has 1 amide bonds. The van der Waals surface area contributed by atoms with Crippen molar-refractivity contribution in [3.63, 3.8) is 0 Å². The van der Waals surface area contributed by atoms with Crippen molar-refractivity contribution in [2.45, 2.75) is 45.2 Å². The predicted octanol–water partition coefficient (Wildman–Crippen LogP) is 2.48. The highest BCUT2D eigenvalue weighted by Crippen LogP contribution is 2.23. The molecule has 1 aliphatic rings. The second-order valence-corrected chi connectivity index (χ2v) is 7.22. The summed E-state index contributed by atoms with van der Waals surface area (Å²) in [6, 6.07) is 6.14. The maximum atomic E-state index is 13.4. The summed E-state index contributed by atoms with van der Waals surface area (Å²) in [7, 11) is 0. The highest BCUT2D eigenvalue weighted by atomic mass is 19.1. The fraction of sp³-hybridized carbons (Fsp3) is 0.421. The van der Waals surface area contributed by atoms with E-state index in [1.807, 2.05) is 0 Å². The Hall–Kier alpha value is -2.70. The highest BCUT2D eigenvalue weighted by molar-refractivity contribution is 5.86. The van der Waals surface area contributed by atoms with Crippen molar-refractivity contribution in [2.24, 2.45) is 5.92 Å². The van der Waals surface area contributed by atoms with Crippen molar-refractivity contribution in [1.29, 1.82) is 0 Å². The number of benzene rings is 1. The zero-order chi connectivity index (χ0) is 18.3. The number of nitrogens with one attached hydrogen (secondary N) is 1. The molecule has 0 radical (unpaired) electrons. The van der Waals surface area contributed by atoms with Gasteiger partial charge < -0.3 is 5.32 Å². The van der Waals surface area contributed by atoms with Crippen LogP contribution in [-0.2, 0) is 11.3 Å². The van der Waals surface area contributed by atoms with Gasteiger partial charge in [0.15, 0.2) is 0 Å². The first-order valence-corrected chi connectivity index (χ1v) is 8.97. The van der Waals surface area contributed by atoms with Crippen LogP contribution in [0.2, 0.25) is 0 Å². The molecule has 1 aliphatic carbocycles. The summed E-state index contributed by atoms with van der Waals surface area (Å²) in [6.45, 7) is 2.11. The third-order valence-electron chi connectivity index (χ3n) is 5.24. The van der Waals surface area contributed by atoms with Gasteiger partial charge in [-0.1, -0.05) is 6.92 Å². The monoisotopic (exact) mass is 356 g/mol. The molecule has 26 heavy (non-hydrogen) atoms. The number of nitrogens with zero attached hydrogens (tertiary/aromatic N) is 3. The molecule has 1 fully saturated rings. The third-order valence-corrected chi connectivity index (χ3v) is 5.24. The summed E-state index contributed by atoms with van der Waals surface area (Å²) in [6.07, 6.45) is 5.67. The van der Waals surface area contributed by atoms with E-state index in [0.717, 1.165) is 30.4 Å². The van der Waals surface area contributed by atoms with E-state index in [9.17, 15) is 14.0 Å². The van der Waals surface area contributed by atoms with Gasteiger partial charge in [-0.25, -0.2) is 9.07 Å². The van der Waals surface area contributed by atoms with Crippen LogP contribution in [0.1, 0.15) is 32.6 Å². The summed E-state index contributed by atoms with van der Waals surface area (Å²) in [5.41, 5.74) is 0.718. The van der Waals surface area contributed by atoms with E-state index in [-0.39, 0.29) is 29.9 Å². The molecular formula is C19H21FN4O2. The molecule has 1 saturated carbocycles. The van der Waals surface area contributed by atoms with Crippen molar-refractivity contribution >= 4 is 22.3 Å². The van der Waals surface area contributed by atoms with Gasteiger partial charge in [0.05, 0.1) is 5.52 Å². The summed E-state index contributed by atoms with van der Waals surface area (Å²) >= 11 is 0. The van der Waals surface area contributed by atoms with Gasteiger partial charge in [-0.2, -0.15) is 5.10 Å². The molecule has 1 aromatic carbocycles. The van der Waals surface area contributed by atoms with Crippen LogP contribution < -0.4 is 10.9 Å². The molecule has 0 bridgehead atoms. The second-order valence-electron chi connectivity index (χ2n) is 7.22. The number of fused-ring (bicyclic) bond motifs is 3. The number of aromatic nitrogens is 3. The van der Waals surface area contributed by atoms with E-state index in [2.05, 4.69) is 17.3 Å². The van der Waals surface area contributed by atoms with Crippen LogP contribution >= 0.6 is 0 Å². The standard InChI is InChI=1S/C19H21FN4O2/c1-12-2-5-15(6-3-12)22-18(25)10-24-19(26)17-9-13-8-14(20)4-7-16(13)23(17)11-21-24/h4,7-9,11-12,15H,2-3,5-6,10H2,1H3,(H,22,25). The first-order valence-electron chi connectivity index (χ1n) is 8.97. The van der Waals surface area contributed by atoms with Crippen LogP contribution in [-0.4, -0.2) is 26.1 Å². The number of amides is 1. The Morgan fingerprint density at radius 1 is 1.23 bits per heavy atom. The van der Waals surface area contributed by atoms with Crippen LogP contribution in [0.3, 0.4) is 0 Å². The quantitative estimate of drug-likeness (QED) is 0.784. The van der Waals surface area contributed by atoms with E-state index >= 15 is 0 Å². The normalized spacial score (nSPS) is 20.5. The predicted molar refractivity (Wildman–Crippen MR) is 96.5 cm³/mol. The zero-order valence-corrected chi connectivity index (χ0v) is 14.6. The lowest BCUT2D eigenvalue weighted by atomic mass is 9.87. The average molecular weight is 356 g/mol. The van der Waals surface area contributed by atoms with Crippen LogP contribution in [0.5, 0.6) is 0 Å². The molecule has 7 heteroatoms. The first kappa shape index (κ1) is 16.8. The fourth-order valence-electron chi connectivity index (χ4n) is 3.72. The topological polar surface area (TPSA) is 68.4 Å². The number of carbonyl (C=O) groups excluding carboxylic acids is 1. The minimum absolute atomic E-state index is 0.114. The summed E-state index contributed by atoms with van der Waals surface area (Å²) in [4.78, 5) is 25.0. The molecule has 136 valence electrons. The average Bonchev–Trinajstić information content (AvgIpc) is 2.98. The van der Waals surface area contributed by atoms with Gasteiger partial charge >= 0.3 is 0 Å². The molecule has 3 aromatic rings. The van der Waals surface area contributed by atoms with Crippen molar-refractivity contribution in [2.75, 3.05) is 0 Å². The first-order chi connectivity index (χ1) is 12.5. The zero-order valence-electron chi connectivity index (χ0n) is 14.6. The molecule has 1 N–H and O–H groups in total. The van der Waals surface area contributed by atoms with E-state index in [1.165, 1.54) is 18.5 Å². The molecule has 2 aromatic heterocycles. The van der Waals surface area contributed by atoms with E-state index < -0.39 is 0 Å². The van der Waals surface area contributed by atoms with Gasteiger partial charge in [0.1, 0.15) is 24.2 Å². The van der Waals surface area contributed by atoms with Gasteiger partial charge in [-0.15, -0.1) is 0 Å². The molecular weight excluding hydrogens is 335 g/mol. The van der Waals surface area contributed by atoms with Crippen molar-refractivity contribution < 1.29 is 9.18 Å². The van der Waals surface area contributed by atoms with Crippen LogP contribution in [0.15, 0.2) is 35.4 Å². The van der Waals surface area contributed by atoms with Crippen LogP contribution in [0.25, 0.3) is 16.4 Å². The van der Waals surface area contributed by atoms with Gasteiger partial charge in [-0.05, 0) is 55.9 Å². The molecule has 6 nitrogen and oxygen atoms in total. The lowest BCUT2D eigenvalue weighted by molar-refractivity contribution is -0.122. The lowest BCUT2D eigenvalue weighted by Crippen LogP contribution is -2.41. The Morgan fingerprint density at radius 3 is 2.77 bits per heavy atom. The Morgan fingerprint density at radius 2 is 2.00 bits per heavy atom. The molecule has 0 saturated heterocycles. The number of halogens is 1. The number of hydrogen-bond acceptors (Lipinski definition) is 3. The van der Waals surface area contributed by atoms with Crippen molar-refractivity contribution in [3.05, 3.63) is 46.8 Å². The number of hydrogen-bond donors (Lipinski definition) is 1. The van der Waals surface area contributed by atoms with E-state index in [4.69, 9.17) is 0 Å². The van der Waals surface area contributed by atoms with Gasteiger partial charge in [0.25, 0.3) is 5.56 Å². The van der Waals surface area contributed by atoms with Crippen molar-refractivity contribution in [3.8, 4) is 0 Å². The van der Waals surface area contributed by atoms with E-state index in [0.29, 0.717) is 22.3 Å². The third kappa shape index (κ3) is 3.09. The largest absolute Gasteiger partial charge is 0.352 e. The molecule has 0 atom stereocenters. The molecule has 0 unspecified atom stereocenters. The number of carbonyl (C=O) groups is 1. The second kappa shape index (κ2) is 6.55. The van der Waals surface area contributed by atoms with Crippen LogP contribution in [0.4, 0.5) is 4.39 Å². The van der Waals surface area contributed by atoms with Gasteiger partial charge in [0.2, 0.25) is 5.91 Å². The Bertz CT molecular complexity index is 1030. The minimum atomic E-state index is -0.364. The SMILES string of the molecule is CC1CCC(NC(=O)Cn2ncn3c(cc4cc(F)ccc43)c2=O)CC1. The molecule has 2 heterocycles. The minimum Gasteiger partial charge on any atom is -0.352 e. The van der Waals surface area contributed by atoms with Gasteiger partial charge in [0, 0.05) is 11.4 Å². The molecule has 0 spiro atoms. The van der Waals surface area contributed by atoms with Gasteiger partial charge in [-0.3, -0.25) is 14.0 Å². The molecule has 4 rings (SSSR count). The molecule has 0 aliphatic heterocycles. The Balaban J connectivity index is 1.57. The van der Waals surface area contributed by atoms with Crippen molar-refractivity contribution in [1.82, 2.24) is 19.5 Å². The summed E-state index contributed by atoms with van der Waals surface area (Å²) in [5.74, 6) is 0.150.